The van der Waals surface area contributed by atoms with Gasteiger partial charge in [0.2, 0.25) is 0 Å². The molecule has 1 unspecified atom stereocenters. The summed E-state index contributed by atoms with van der Waals surface area (Å²) in [7, 11) is 0. The number of hydrogen-bond donors (Lipinski definition) is 0. The molecule has 0 amide bonds. The smallest absolute Gasteiger partial charge is 0.333 e. The summed E-state index contributed by atoms with van der Waals surface area (Å²) >= 11 is 0. The molecule has 0 aromatic heterocycles. The summed E-state index contributed by atoms with van der Waals surface area (Å²) in [6, 6.07) is 0. The summed E-state index contributed by atoms with van der Waals surface area (Å²) in [5, 5.41) is 0. The third-order valence-electron chi connectivity index (χ3n) is 3.49. The maximum atomic E-state index is 11.6. The third-order valence-corrected chi connectivity index (χ3v) is 3.49. The minimum Gasteiger partial charge on any atom is -0.456 e. The summed E-state index contributed by atoms with van der Waals surface area (Å²) in [6.45, 7) is 11.7. The lowest BCUT2D eigenvalue weighted by Crippen LogP contribution is -2.31. The fourth-order valence-corrected chi connectivity index (χ4v) is 1.89. The van der Waals surface area contributed by atoms with Crippen molar-refractivity contribution in [1.29, 1.82) is 0 Å². The van der Waals surface area contributed by atoms with E-state index in [0.717, 1.165) is 19.3 Å². The molecule has 106 valence electrons. The lowest BCUT2D eigenvalue weighted by atomic mass is 9.94. The monoisotopic (exact) mass is 254 g/mol. The normalized spacial score (nSPS) is 14.0. The fourth-order valence-electron chi connectivity index (χ4n) is 1.89. The van der Waals surface area contributed by atoms with Gasteiger partial charge in [-0.05, 0) is 33.1 Å². The molecule has 18 heavy (non-hydrogen) atoms. The Bertz CT molecular complexity index is 258. The molecule has 0 bridgehead atoms. The van der Waals surface area contributed by atoms with Crippen LogP contribution in [0.1, 0.15) is 79.1 Å². The van der Waals surface area contributed by atoms with Crippen LogP contribution in [-0.2, 0) is 9.53 Å². The van der Waals surface area contributed by atoms with Gasteiger partial charge in [0.05, 0.1) is 0 Å². The average Bonchev–Trinajstić information content (AvgIpc) is 2.33. The Morgan fingerprint density at radius 3 is 2.17 bits per heavy atom. The summed E-state index contributed by atoms with van der Waals surface area (Å²) in [5.41, 5.74) is 0.165. The van der Waals surface area contributed by atoms with E-state index >= 15 is 0 Å². The van der Waals surface area contributed by atoms with E-state index in [9.17, 15) is 4.79 Å². The largest absolute Gasteiger partial charge is 0.456 e. The van der Waals surface area contributed by atoms with Crippen LogP contribution in [0.4, 0.5) is 0 Å². The SMILES string of the molecule is C=C(C)C(=O)OC(C)(CC)CCCCCCCC. The van der Waals surface area contributed by atoms with Crippen molar-refractivity contribution in [3.63, 3.8) is 0 Å². The average molecular weight is 254 g/mol. The molecule has 0 aromatic rings. The van der Waals surface area contributed by atoms with Crippen LogP contribution >= 0.6 is 0 Å². The van der Waals surface area contributed by atoms with Gasteiger partial charge < -0.3 is 4.74 Å². The maximum absolute atomic E-state index is 11.6. The predicted octanol–water partition coefficient (Wildman–Crippen LogP) is 5.03. The Morgan fingerprint density at radius 2 is 1.67 bits per heavy atom. The standard InChI is InChI=1S/C16H30O2/c1-6-8-9-10-11-12-13-16(5,7-2)18-15(17)14(3)4/h3,6-13H2,1-2,4-5H3. The minimum atomic E-state index is -0.319. The Balaban J connectivity index is 3.93. The van der Waals surface area contributed by atoms with Crippen LogP contribution in [0.5, 0.6) is 0 Å². The Hall–Kier alpha value is -0.790. The first kappa shape index (κ1) is 17.2. The second-order valence-corrected chi connectivity index (χ2v) is 5.49. The van der Waals surface area contributed by atoms with E-state index in [0.29, 0.717) is 5.57 Å². The van der Waals surface area contributed by atoms with Crippen molar-refractivity contribution < 1.29 is 9.53 Å². The van der Waals surface area contributed by atoms with Crippen LogP contribution < -0.4 is 0 Å². The highest BCUT2D eigenvalue weighted by molar-refractivity contribution is 5.87. The maximum Gasteiger partial charge on any atom is 0.333 e. The van der Waals surface area contributed by atoms with E-state index < -0.39 is 0 Å². The highest BCUT2D eigenvalue weighted by Crippen LogP contribution is 2.24. The van der Waals surface area contributed by atoms with Crippen LogP contribution in [0.15, 0.2) is 12.2 Å². The van der Waals surface area contributed by atoms with E-state index in [1.54, 1.807) is 6.92 Å². The molecule has 0 aromatic carbocycles. The van der Waals surface area contributed by atoms with Gasteiger partial charge in [0, 0.05) is 5.57 Å². The zero-order valence-electron chi connectivity index (χ0n) is 12.7. The van der Waals surface area contributed by atoms with E-state index in [1.165, 1.54) is 32.1 Å². The number of ether oxygens (including phenoxy) is 1. The van der Waals surface area contributed by atoms with Gasteiger partial charge in [-0.3, -0.25) is 0 Å². The van der Waals surface area contributed by atoms with Gasteiger partial charge in [0.25, 0.3) is 0 Å². The second-order valence-electron chi connectivity index (χ2n) is 5.49. The van der Waals surface area contributed by atoms with Gasteiger partial charge in [0.1, 0.15) is 5.60 Å². The lowest BCUT2D eigenvalue weighted by molar-refractivity contribution is -0.154. The van der Waals surface area contributed by atoms with Crippen molar-refractivity contribution in [2.45, 2.75) is 84.7 Å². The number of carbonyl (C=O) groups excluding carboxylic acids is 1. The van der Waals surface area contributed by atoms with Gasteiger partial charge >= 0.3 is 5.97 Å². The molecule has 0 N–H and O–H groups in total. The quantitative estimate of drug-likeness (QED) is 0.311. The summed E-state index contributed by atoms with van der Waals surface area (Å²) in [6.07, 6.45) is 9.42. The molecule has 0 aliphatic heterocycles. The minimum absolute atomic E-state index is 0.259. The van der Waals surface area contributed by atoms with E-state index in [2.05, 4.69) is 20.4 Å². The Labute approximate surface area is 113 Å². The summed E-state index contributed by atoms with van der Waals surface area (Å²) < 4.78 is 5.54. The van der Waals surface area contributed by atoms with Gasteiger partial charge in [-0.25, -0.2) is 4.79 Å². The first-order valence-electron chi connectivity index (χ1n) is 7.34. The molecule has 0 rings (SSSR count). The van der Waals surface area contributed by atoms with E-state index in [1.807, 2.05) is 6.92 Å². The zero-order chi connectivity index (χ0) is 14.0. The highest BCUT2D eigenvalue weighted by atomic mass is 16.6. The van der Waals surface area contributed by atoms with Crippen molar-refractivity contribution in [1.82, 2.24) is 0 Å². The van der Waals surface area contributed by atoms with Gasteiger partial charge in [-0.1, -0.05) is 52.5 Å². The second kappa shape index (κ2) is 9.18. The number of hydrogen-bond acceptors (Lipinski definition) is 2. The molecule has 0 saturated carbocycles. The number of unbranched alkanes of at least 4 members (excludes halogenated alkanes) is 5. The number of rotatable bonds is 10. The van der Waals surface area contributed by atoms with Gasteiger partial charge in [-0.2, -0.15) is 0 Å². The summed E-state index contributed by atoms with van der Waals surface area (Å²) in [5.74, 6) is -0.259. The summed E-state index contributed by atoms with van der Waals surface area (Å²) in [4.78, 5) is 11.6. The number of esters is 1. The van der Waals surface area contributed by atoms with E-state index in [4.69, 9.17) is 4.74 Å². The van der Waals surface area contributed by atoms with Crippen LogP contribution in [0.3, 0.4) is 0 Å². The van der Waals surface area contributed by atoms with Crippen molar-refractivity contribution in [2.24, 2.45) is 0 Å². The number of carbonyl (C=O) groups is 1. The molecule has 0 aliphatic rings. The van der Waals surface area contributed by atoms with Gasteiger partial charge in [-0.15, -0.1) is 0 Å². The predicted molar refractivity (Wildman–Crippen MR) is 77.6 cm³/mol. The zero-order valence-corrected chi connectivity index (χ0v) is 12.7. The van der Waals surface area contributed by atoms with Gasteiger partial charge in [0.15, 0.2) is 0 Å². The topological polar surface area (TPSA) is 26.3 Å². The third kappa shape index (κ3) is 7.52. The molecule has 1 atom stereocenters. The molecule has 0 heterocycles. The van der Waals surface area contributed by atoms with Crippen LogP contribution in [-0.4, -0.2) is 11.6 Å². The Morgan fingerprint density at radius 1 is 1.11 bits per heavy atom. The molecule has 0 fully saturated rings. The van der Waals surface area contributed by atoms with Crippen molar-refractivity contribution in [3.8, 4) is 0 Å². The van der Waals surface area contributed by atoms with E-state index in [-0.39, 0.29) is 11.6 Å². The Kier molecular flexibility index (Phi) is 8.78. The van der Waals surface area contributed by atoms with Crippen LogP contribution in [0.2, 0.25) is 0 Å². The lowest BCUT2D eigenvalue weighted by Gasteiger charge is -2.28. The molecule has 0 saturated heterocycles. The van der Waals surface area contributed by atoms with Crippen LogP contribution in [0.25, 0.3) is 0 Å². The van der Waals surface area contributed by atoms with Crippen molar-refractivity contribution in [2.75, 3.05) is 0 Å². The van der Waals surface area contributed by atoms with Crippen LogP contribution in [0, 0.1) is 0 Å². The molecule has 0 radical (unpaired) electrons. The van der Waals surface area contributed by atoms with Crippen molar-refractivity contribution >= 4 is 5.97 Å². The first-order valence-corrected chi connectivity index (χ1v) is 7.34. The fraction of sp³-hybridized carbons (Fsp3) is 0.812. The molecular formula is C16H30O2. The first-order chi connectivity index (χ1) is 8.45. The molecule has 2 nitrogen and oxygen atoms in total. The molecule has 2 heteroatoms. The molecular weight excluding hydrogens is 224 g/mol. The molecule has 0 aliphatic carbocycles. The van der Waals surface area contributed by atoms with Crippen molar-refractivity contribution in [3.05, 3.63) is 12.2 Å². The highest BCUT2D eigenvalue weighted by Gasteiger charge is 2.26. The molecule has 0 spiro atoms.